The summed E-state index contributed by atoms with van der Waals surface area (Å²) >= 11 is 0. The van der Waals surface area contributed by atoms with Crippen molar-refractivity contribution in [3.8, 4) is 5.75 Å². The molecule has 1 fully saturated rings. The van der Waals surface area contributed by atoms with Gasteiger partial charge in [0.05, 0.1) is 0 Å². The largest absolute Gasteiger partial charge is 0.484 e. The van der Waals surface area contributed by atoms with E-state index in [0.29, 0.717) is 37.6 Å². The zero-order chi connectivity index (χ0) is 17.6. The van der Waals surface area contributed by atoms with E-state index in [-0.39, 0.29) is 18.4 Å². The summed E-state index contributed by atoms with van der Waals surface area (Å²) in [5.41, 5.74) is 1.58. The van der Waals surface area contributed by atoms with Gasteiger partial charge in [0.25, 0.3) is 11.8 Å². The molecule has 0 atom stereocenters. The van der Waals surface area contributed by atoms with Crippen LogP contribution in [0.25, 0.3) is 0 Å². The van der Waals surface area contributed by atoms with E-state index in [1.165, 1.54) is 0 Å². The van der Waals surface area contributed by atoms with Crippen molar-refractivity contribution in [2.45, 2.75) is 6.92 Å². The Hall–Kier alpha value is -2.89. The van der Waals surface area contributed by atoms with Crippen molar-refractivity contribution in [3.63, 3.8) is 0 Å². The van der Waals surface area contributed by atoms with Crippen molar-refractivity contribution in [1.82, 2.24) is 14.8 Å². The van der Waals surface area contributed by atoms with Crippen LogP contribution in [0, 0.1) is 6.92 Å². The third kappa shape index (κ3) is 4.35. The number of nitrogens with zero attached hydrogens (tertiary/aromatic N) is 3. The molecule has 6 heteroatoms. The Balaban J connectivity index is 1.47. The number of carbonyl (C=O) groups excluding carboxylic acids is 2. The van der Waals surface area contributed by atoms with E-state index in [1.54, 1.807) is 34.2 Å². The standard InChI is InChI=1S/C19H21N3O3/c1-15-5-7-16(8-6-15)25-14-18(23)21-10-12-22(13-11-21)19(24)17-4-2-3-9-20-17/h2-9H,10-14H2,1H3. The van der Waals surface area contributed by atoms with Crippen molar-refractivity contribution in [2.75, 3.05) is 32.8 Å². The van der Waals surface area contributed by atoms with Crippen molar-refractivity contribution in [2.24, 2.45) is 0 Å². The molecule has 2 aromatic rings. The molecule has 1 aliphatic rings. The normalized spacial score (nSPS) is 14.3. The highest BCUT2D eigenvalue weighted by molar-refractivity contribution is 5.92. The minimum Gasteiger partial charge on any atom is -0.484 e. The molecule has 0 bridgehead atoms. The summed E-state index contributed by atoms with van der Waals surface area (Å²) in [4.78, 5) is 32.2. The molecule has 1 aromatic carbocycles. The van der Waals surface area contributed by atoms with Crippen LogP contribution >= 0.6 is 0 Å². The molecule has 130 valence electrons. The van der Waals surface area contributed by atoms with Crippen LogP contribution in [-0.4, -0.2) is 59.4 Å². The zero-order valence-electron chi connectivity index (χ0n) is 14.2. The molecule has 2 heterocycles. The minimum atomic E-state index is -0.0939. The Bertz CT molecular complexity index is 723. The summed E-state index contributed by atoms with van der Waals surface area (Å²) in [5, 5.41) is 0. The monoisotopic (exact) mass is 339 g/mol. The molecule has 1 aromatic heterocycles. The number of hydrogen-bond acceptors (Lipinski definition) is 4. The predicted molar refractivity (Wildman–Crippen MR) is 93.4 cm³/mol. The van der Waals surface area contributed by atoms with Gasteiger partial charge in [0.2, 0.25) is 0 Å². The molecular weight excluding hydrogens is 318 g/mol. The first-order valence-electron chi connectivity index (χ1n) is 8.31. The van der Waals surface area contributed by atoms with Gasteiger partial charge in [0, 0.05) is 32.4 Å². The summed E-state index contributed by atoms with van der Waals surface area (Å²) < 4.78 is 5.54. The lowest BCUT2D eigenvalue weighted by atomic mass is 10.2. The fourth-order valence-corrected chi connectivity index (χ4v) is 2.68. The summed E-state index contributed by atoms with van der Waals surface area (Å²) in [6.07, 6.45) is 1.61. The van der Waals surface area contributed by atoms with Gasteiger partial charge in [-0.15, -0.1) is 0 Å². The molecule has 0 spiro atoms. The zero-order valence-corrected chi connectivity index (χ0v) is 14.2. The molecule has 1 aliphatic heterocycles. The van der Waals surface area contributed by atoms with Gasteiger partial charge in [-0.2, -0.15) is 0 Å². The molecule has 0 unspecified atom stereocenters. The summed E-state index contributed by atoms with van der Waals surface area (Å²) in [5.74, 6) is 0.525. The maximum atomic E-state index is 12.3. The number of ether oxygens (including phenoxy) is 1. The summed E-state index contributed by atoms with van der Waals surface area (Å²) in [6.45, 7) is 4.04. The highest BCUT2D eigenvalue weighted by Crippen LogP contribution is 2.12. The number of piperazine rings is 1. The van der Waals surface area contributed by atoms with Crippen molar-refractivity contribution in [3.05, 3.63) is 59.9 Å². The molecule has 0 radical (unpaired) electrons. The van der Waals surface area contributed by atoms with E-state index >= 15 is 0 Å². The van der Waals surface area contributed by atoms with Gasteiger partial charge in [0.1, 0.15) is 11.4 Å². The maximum absolute atomic E-state index is 12.3. The number of rotatable bonds is 4. The number of pyridine rings is 1. The smallest absolute Gasteiger partial charge is 0.272 e. The quantitative estimate of drug-likeness (QED) is 0.851. The molecule has 0 aliphatic carbocycles. The Morgan fingerprint density at radius 1 is 1.00 bits per heavy atom. The molecule has 25 heavy (non-hydrogen) atoms. The number of aryl methyl sites for hydroxylation is 1. The third-order valence-corrected chi connectivity index (χ3v) is 4.19. The van der Waals surface area contributed by atoms with Gasteiger partial charge >= 0.3 is 0 Å². The summed E-state index contributed by atoms with van der Waals surface area (Å²) in [6, 6.07) is 12.9. The number of carbonyl (C=O) groups is 2. The molecule has 0 saturated carbocycles. The first-order chi connectivity index (χ1) is 12.1. The summed E-state index contributed by atoms with van der Waals surface area (Å²) in [7, 11) is 0. The molecule has 2 amide bonds. The average Bonchev–Trinajstić information content (AvgIpc) is 2.67. The van der Waals surface area contributed by atoms with Crippen LogP contribution in [0.15, 0.2) is 48.7 Å². The Kier molecular flexibility index (Phi) is 5.28. The van der Waals surface area contributed by atoms with Crippen molar-refractivity contribution >= 4 is 11.8 Å². The van der Waals surface area contributed by atoms with Gasteiger partial charge in [-0.3, -0.25) is 14.6 Å². The molecule has 0 N–H and O–H groups in total. The second-order valence-electron chi connectivity index (χ2n) is 5.99. The second-order valence-corrected chi connectivity index (χ2v) is 5.99. The number of hydrogen-bond donors (Lipinski definition) is 0. The van der Waals surface area contributed by atoms with E-state index in [9.17, 15) is 9.59 Å². The van der Waals surface area contributed by atoms with Gasteiger partial charge in [0.15, 0.2) is 6.61 Å². The van der Waals surface area contributed by atoms with Gasteiger partial charge in [-0.05, 0) is 31.2 Å². The topological polar surface area (TPSA) is 62.7 Å². The van der Waals surface area contributed by atoms with Crippen molar-refractivity contribution in [1.29, 1.82) is 0 Å². The van der Waals surface area contributed by atoms with Crippen LogP contribution in [0.5, 0.6) is 5.75 Å². The fourth-order valence-electron chi connectivity index (χ4n) is 2.68. The Labute approximate surface area is 147 Å². The van der Waals surface area contributed by atoms with Crippen LogP contribution in [0.2, 0.25) is 0 Å². The van der Waals surface area contributed by atoms with Crippen molar-refractivity contribution < 1.29 is 14.3 Å². The third-order valence-electron chi connectivity index (χ3n) is 4.19. The molecular formula is C19H21N3O3. The van der Waals surface area contributed by atoms with E-state index < -0.39 is 0 Å². The average molecular weight is 339 g/mol. The highest BCUT2D eigenvalue weighted by Gasteiger charge is 2.25. The first kappa shape index (κ1) is 17.0. The van der Waals surface area contributed by atoms with Gasteiger partial charge in [-0.25, -0.2) is 0 Å². The molecule has 6 nitrogen and oxygen atoms in total. The maximum Gasteiger partial charge on any atom is 0.272 e. The second kappa shape index (κ2) is 7.79. The fraction of sp³-hybridized carbons (Fsp3) is 0.316. The minimum absolute atomic E-state index is 0.0112. The number of amides is 2. The van der Waals surface area contributed by atoms with Crippen LogP contribution in [0.1, 0.15) is 16.1 Å². The lowest BCUT2D eigenvalue weighted by molar-refractivity contribution is -0.134. The lowest BCUT2D eigenvalue weighted by Gasteiger charge is -2.34. The number of benzene rings is 1. The number of aromatic nitrogens is 1. The van der Waals surface area contributed by atoms with Crippen LogP contribution in [0.3, 0.4) is 0 Å². The predicted octanol–water partition coefficient (Wildman–Crippen LogP) is 1.75. The lowest BCUT2D eigenvalue weighted by Crippen LogP contribution is -2.51. The van der Waals surface area contributed by atoms with E-state index in [1.807, 2.05) is 31.2 Å². The van der Waals surface area contributed by atoms with Crippen LogP contribution in [0.4, 0.5) is 0 Å². The van der Waals surface area contributed by atoms with Gasteiger partial charge in [-0.1, -0.05) is 23.8 Å². The van der Waals surface area contributed by atoms with E-state index in [0.717, 1.165) is 5.56 Å². The van der Waals surface area contributed by atoms with E-state index in [4.69, 9.17) is 4.74 Å². The highest BCUT2D eigenvalue weighted by atomic mass is 16.5. The van der Waals surface area contributed by atoms with Crippen LogP contribution < -0.4 is 4.74 Å². The Morgan fingerprint density at radius 2 is 1.68 bits per heavy atom. The first-order valence-corrected chi connectivity index (χ1v) is 8.31. The van der Waals surface area contributed by atoms with E-state index in [2.05, 4.69) is 4.98 Å². The van der Waals surface area contributed by atoms with Crippen LogP contribution in [-0.2, 0) is 4.79 Å². The molecule has 3 rings (SSSR count). The SMILES string of the molecule is Cc1ccc(OCC(=O)N2CCN(C(=O)c3ccccn3)CC2)cc1. The Morgan fingerprint density at radius 3 is 2.32 bits per heavy atom. The van der Waals surface area contributed by atoms with Gasteiger partial charge < -0.3 is 14.5 Å². The molecule has 1 saturated heterocycles.